The number of hydrogen-bond donors (Lipinski definition) is 0. The minimum atomic E-state index is -0.175. The highest BCUT2D eigenvalue weighted by atomic mass is 16.1. The normalized spacial score (nSPS) is 14.9. The monoisotopic (exact) mass is 437 g/mol. The number of aromatic nitrogens is 4. The van der Waals surface area contributed by atoms with Crippen molar-refractivity contribution in [2.75, 3.05) is 13.1 Å². The molecule has 2 aromatic heterocycles. The molecular formula is C27H27N5O. The van der Waals surface area contributed by atoms with Crippen LogP contribution in [0.4, 0.5) is 0 Å². The summed E-state index contributed by atoms with van der Waals surface area (Å²) < 4.78 is 2.12. The molecule has 6 heteroatoms. The quantitative estimate of drug-likeness (QED) is 0.416. The maximum absolute atomic E-state index is 12.6. The van der Waals surface area contributed by atoms with Gasteiger partial charge in [0.25, 0.3) is 0 Å². The Kier molecular flexibility index (Phi) is 6.09. The van der Waals surface area contributed by atoms with Crippen LogP contribution in [-0.2, 0) is 13.6 Å². The minimum absolute atomic E-state index is 0.175. The number of carbonyl (C=O) groups is 1. The lowest BCUT2D eigenvalue weighted by atomic mass is 9.95. The van der Waals surface area contributed by atoms with Gasteiger partial charge in [-0.2, -0.15) is 0 Å². The molecule has 0 radical (unpaired) electrons. The number of benzene rings is 2. The van der Waals surface area contributed by atoms with Crippen LogP contribution in [0.2, 0.25) is 0 Å². The molecule has 4 aromatic rings. The van der Waals surface area contributed by atoms with Gasteiger partial charge in [-0.25, -0.2) is 15.0 Å². The maximum Gasteiger partial charge on any atom is 0.230 e. The summed E-state index contributed by atoms with van der Waals surface area (Å²) >= 11 is 0. The van der Waals surface area contributed by atoms with Gasteiger partial charge in [0.15, 0.2) is 0 Å². The highest BCUT2D eigenvalue weighted by molar-refractivity contribution is 6.06. The zero-order valence-electron chi connectivity index (χ0n) is 18.8. The standard InChI is InChI=1S/C27H27N5O/c1-31-19-24(23-16-28-26(29-17-23)25(33)21-10-6-3-7-11-21)30-27(31)22-12-14-32(15-13-22)18-20-8-4-2-5-9-20/h2-11,16-17,19,22H,12-15,18H2,1H3. The van der Waals surface area contributed by atoms with Gasteiger partial charge >= 0.3 is 0 Å². The molecule has 1 aliphatic rings. The van der Waals surface area contributed by atoms with Gasteiger partial charge in [-0.15, -0.1) is 0 Å². The van der Waals surface area contributed by atoms with Crippen molar-refractivity contribution >= 4 is 5.78 Å². The van der Waals surface area contributed by atoms with E-state index >= 15 is 0 Å². The highest BCUT2D eigenvalue weighted by Crippen LogP contribution is 2.30. The van der Waals surface area contributed by atoms with Crippen molar-refractivity contribution in [3.63, 3.8) is 0 Å². The van der Waals surface area contributed by atoms with E-state index in [1.807, 2.05) is 24.4 Å². The molecule has 0 saturated carbocycles. The Balaban J connectivity index is 1.25. The van der Waals surface area contributed by atoms with E-state index < -0.39 is 0 Å². The average Bonchev–Trinajstić information content (AvgIpc) is 3.27. The van der Waals surface area contributed by atoms with E-state index in [1.165, 1.54) is 5.56 Å². The van der Waals surface area contributed by atoms with Crippen LogP contribution in [0.25, 0.3) is 11.3 Å². The summed E-state index contributed by atoms with van der Waals surface area (Å²) in [5.74, 6) is 1.57. The summed E-state index contributed by atoms with van der Waals surface area (Å²) in [5.41, 5.74) is 3.62. The number of nitrogens with zero attached hydrogens (tertiary/aromatic N) is 5. The lowest BCUT2D eigenvalue weighted by molar-refractivity contribution is 0.102. The topological polar surface area (TPSA) is 63.9 Å². The van der Waals surface area contributed by atoms with Gasteiger partial charge in [0.2, 0.25) is 11.6 Å². The van der Waals surface area contributed by atoms with Gasteiger partial charge in [-0.05, 0) is 31.5 Å². The largest absolute Gasteiger partial charge is 0.337 e. The van der Waals surface area contributed by atoms with Crippen LogP contribution in [0.1, 0.15) is 46.3 Å². The molecule has 166 valence electrons. The molecule has 0 unspecified atom stereocenters. The SMILES string of the molecule is Cn1cc(-c2cnc(C(=O)c3ccccc3)nc2)nc1C1CCN(Cc2ccccc2)CC1. The van der Waals surface area contributed by atoms with Crippen LogP contribution in [0.15, 0.2) is 79.3 Å². The summed E-state index contributed by atoms with van der Waals surface area (Å²) in [5, 5.41) is 0. The van der Waals surface area contributed by atoms with Gasteiger partial charge in [0.05, 0.1) is 5.69 Å². The minimum Gasteiger partial charge on any atom is -0.337 e. The van der Waals surface area contributed by atoms with E-state index in [4.69, 9.17) is 4.98 Å². The first kappa shape index (κ1) is 21.2. The molecule has 5 rings (SSSR count). The molecule has 0 N–H and O–H groups in total. The van der Waals surface area contributed by atoms with Crippen molar-refractivity contribution in [3.8, 4) is 11.3 Å². The molecular weight excluding hydrogens is 410 g/mol. The van der Waals surface area contributed by atoms with Gasteiger partial charge in [-0.3, -0.25) is 9.69 Å². The summed E-state index contributed by atoms with van der Waals surface area (Å²) in [4.78, 5) is 28.6. The van der Waals surface area contributed by atoms with E-state index in [2.05, 4.69) is 56.8 Å². The van der Waals surface area contributed by atoms with E-state index in [1.54, 1.807) is 24.5 Å². The second-order valence-corrected chi connectivity index (χ2v) is 8.62. The second-order valence-electron chi connectivity index (χ2n) is 8.62. The summed E-state index contributed by atoms with van der Waals surface area (Å²) in [6.45, 7) is 3.15. The molecule has 3 heterocycles. The number of ketones is 1. The van der Waals surface area contributed by atoms with E-state index in [-0.39, 0.29) is 11.6 Å². The molecule has 0 aliphatic carbocycles. The van der Waals surface area contributed by atoms with Gasteiger partial charge < -0.3 is 4.57 Å². The van der Waals surface area contributed by atoms with Gasteiger partial charge in [0.1, 0.15) is 5.82 Å². The lowest BCUT2D eigenvalue weighted by Crippen LogP contribution is -2.33. The smallest absolute Gasteiger partial charge is 0.230 e. The third-order valence-electron chi connectivity index (χ3n) is 6.30. The van der Waals surface area contributed by atoms with Crippen molar-refractivity contribution in [2.24, 2.45) is 7.05 Å². The predicted octanol–water partition coefficient (Wildman–Crippen LogP) is 4.49. The second kappa shape index (κ2) is 9.46. The van der Waals surface area contributed by atoms with Crippen LogP contribution in [-0.4, -0.2) is 43.3 Å². The Morgan fingerprint density at radius 2 is 1.58 bits per heavy atom. The predicted molar refractivity (Wildman–Crippen MR) is 128 cm³/mol. The number of aryl methyl sites for hydroxylation is 1. The van der Waals surface area contributed by atoms with Crippen LogP contribution in [0.5, 0.6) is 0 Å². The third-order valence-corrected chi connectivity index (χ3v) is 6.30. The fourth-order valence-electron chi connectivity index (χ4n) is 4.49. The Morgan fingerprint density at radius 1 is 0.939 bits per heavy atom. The number of likely N-dealkylation sites (tertiary alicyclic amines) is 1. The van der Waals surface area contributed by atoms with Crippen LogP contribution in [0.3, 0.4) is 0 Å². The molecule has 0 bridgehead atoms. The number of hydrogen-bond acceptors (Lipinski definition) is 5. The fourth-order valence-corrected chi connectivity index (χ4v) is 4.49. The van der Waals surface area contributed by atoms with Crippen LogP contribution >= 0.6 is 0 Å². The Bertz CT molecular complexity index is 1210. The van der Waals surface area contributed by atoms with Crippen molar-refractivity contribution in [1.82, 2.24) is 24.4 Å². The van der Waals surface area contributed by atoms with Crippen LogP contribution in [0, 0.1) is 0 Å². The summed E-state index contributed by atoms with van der Waals surface area (Å²) in [6, 6.07) is 19.8. The van der Waals surface area contributed by atoms with Gasteiger partial charge in [-0.1, -0.05) is 60.7 Å². The number of piperidine rings is 1. The molecule has 1 aliphatic heterocycles. The molecule has 1 fully saturated rings. The fraction of sp³-hybridized carbons (Fsp3) is 0.259. The highest BCUT2D eigenvalue weighted by Gasteiger charge is 2.24. The lowest BCUT2D eigenvalue weighted by Gasteiger charge is -2.31. The molecule has 2 aromatic carbocycles. The third kappa shape index (κ3) is 4.76. The Labute approximate surface area is 194 Å². The molecule has 0 amide bonds. The maximum atomic E-state index is 12.6. The first-order chi connectivity index (χ1) is 16.2. The zero-order chi connectivity index (χ0) is 22.6. The molecule has 33 heavy (non-hydrogen) atoms. The molecule has 1 saturated heterocycles. The first-order valence-corrected chi connectivity index (χ1v) is 11.4. The average molecular weight is 438 g/mol. The first-order valence-electron chi connectivity index (χ1n) is 11.4. The number of imidazole rings is 1. The zero-order valence-corrected chi connectivity index (χ0v) is 18.8. The van der Waals surface area contributed by atoms with Crippen molar-refractivity contribution < 1.29 is 4.79 Å². The number of carbonyl (C=O) groups excluding carboxylic acids is 1. The van der Waals surface area contributed by atoms with E-state index in [0.29, 0.717) is 11.5 Å². The van der Waals surface area contributed by atoms with Gasteiger partial charge in [0, 0.05) is 49.2 Å². The number of rotatable bonds is 6. The molecule has 6 nitrogen and oxygen atoms in total. The van der Waals surface area contributed by atoms with Crippen LogP contribution < -0.4 is 0 Å². The van der Waals surface area contributed by atoms with Crippen molar-refractivity contribution in [2.45, 2.75) is 25.3 Å². The van der Waals surface area contributed by atoms with Crippen molar-refractivity contribution in [3.05, 3.63) is 102 Å². The Morgan fingerprint density at radius 3 is 2.24 bits per heavy atom. The van der Waals surface area contributed by atoms with Crippen molar-refractivity contribution in [1.29, 1.82) is 0 Å². The molecule has 0 atom stereocenters. The van der Waals surface area contributed by atoms with E-state index in [9.17, 15) is 4.79 Å². The van der Waals surface area contributed by atoms with E-state index in [0.717, 1.165) is 49.6 Å². The summed E-state index contributed by atoms with van der Waals surface area (Å²) in [6.07, 6.45) is 7.61. The summed E-state index contributed by atoms with van der Waals surface area (Å²) in [7, 11) is 2.05. The molecule has 0 spiro atoms. The Hall–Kier alpha value is -3.64.